The van der Waals surface area contributed by atoms with Crippen LogP contribution in [0.3, 0.4) is 0 Å². The maximum absolute atomic E-state index is 11.6. The summed E-state index contributed by atoms with van der Waals surface area (Å²) < 4.78 is 0. The molecule has 78 valence electrons. The zero-order valence-electron chi connectivity index (χ0n) is 8.60. The molecular formula is C11H13N3O. The minimum atomic E-state index is -0.232. The molecule has 1 heterocycles. The molecule has 1 aliphatic rings. The van der Waals surface area contributed by atoms with Gasteiger partial charge in [-0.15, -0.1) is 0 Å². The first-order chi connectivity index (χ1) is 7.20. The van der Waals surface area contributed by atoms with Crippen molar-refractivity contribution in [2.75, 3.05) is 6.54 Å². The Labute approximate surface area is 88.4 Å². The zero-order chi connectivity index (χ0) is 10.7. The van der Waals surface area contributed by atoms with E-state index in [1.807, 2.05) is 25.1 Å². The Balaban J connectivity index is 1.78. The van der Waals surface area contributed by atoms with Gasteiger partial charge in [-0.2, -0.15) is 10.2 Å². The Morgan fingerprint density at radius 3 is 2.60 bits per heavy atom. The first-order valence-electron chi connectivity index (χ1n) is 4.97. The van der Waals surface area contributed by atoms with Gasteiger partial charge in [-0.3, -0.25) is 4.79 Å². The monoisotopic (exact) mass is 203 g/mol. The van der Waals surface area contributed by atoms with Gasteiger partial charge in [-0.1, -0.05) is 18.2 Å². The fraction of sp³-hybridized carbons (Fsp3) is 0.364. The molecule has 1 aromatic rings. The second-order valence-electron chi connectivity index (χ2n) is 3.79. The molecule has 0 saturated heterocycles. The second-order valence-corrected chi connectivity index (χ2v) is 3.79. The molecule has 0 unspecified atom stereocenters. The van der Waals surface area contributed by atoms with E-state index in [1.165, 1.54) is 0 Å². The highest BCUT2D eigenvalue weighted by Crippen LogP contribution is 2.29. The van der Waals surface area contributed by atoms with Crippen LogP contribution in [0.1, 0.15) is 23.7 Å². The molecule has 1 N–H and O–H groups in total. The molecule has 2 rings (SSSR count). The fourth-order valence-corrected chi connectivity index (χ4v) is 1.29. The summed E-state index contributed by atoms with van der Waals surface area (Å²) in [7, 11) is 0. The number of hydrogen-bond donors (Lipinski definition) is 1. The van der Waals surface area contributed by atoms with E-state index in [9.17, 15) is 4.79 Å². The predicted molar refractivity (Wildman–Crippen MR) is 56.7 cm³/mol. The van der Waals surface area contributed by atoms with Gasteiger partial charge in [0.15, 0.2) is 5.66 Å². The van der Waals surface area contributed by atoms with Crippen molar-refractivity contribution >= 4 is 5.91 Å². The minimum Gasteiger partial charge on any atom is -0.352 e. The van der Waals surface area contributed by atoms with E-state index >= 15 is 0 Å². The van der Waals surface area contributed by atoms with Crippen molar-refractivity contribution in [2.45, 2.75) is 19.0 Å². The summed E-state index contributed by atoms with van der Waals surface area (Å²) in [6.07, 6.45) is 0.769. The number of nitrogens with zero attached hydrogens (tertiary/aromatic N) is 2. The minimum absolute atomic E-state index is 0.0418. The van der Waals surface area contributed by atoms with Crippen LogP contribution in [0.5, 0.6) is 0 Å². The van der Waals surface area contributed by atoms with Gasteiger partial charge in [0, 0.05) is 18.5 Å². The number of rotatable bonds is 4. The smallest absolute Gasteiger partial charge is 0.251 e. The van der Waals surface area contributed by atoms with Crippen molar-refractivity contribution in [3.63, 3.8) is 0 Å². The molecule has 0 aliphatic carbocycles. The number of carbonyl (C=O) groups is 1. The molecule has 0 radical (unpaired) electrons. The Kier molecular flexibility index (Phi) is 2.49. The molecule has 0 bridgehead atoms. The van der Waals surface area contributed by atoms with E-state index in [0.717, 1.165) is 6.42 Å². The first-order valence-corrected chi connectivity index (χ1v) is 4.97. The van der Waals surface area contributed by atoms with Crippen molar-refractivity contribution < 1.29 is 4.79 Å². The van der Waals surface area contributed by atoms with E-state index in [0.29, 0.717) is 12.1 Å². The molecule has 0 fully saturated rings. The lowest BCUT2D eigenvalue weighted by atomic mass is 10.2. The Morgan fingerprint density at radius 1 is 1.33 bits per heavy atom. The molecule has 15 heavy (non-hydrogen) atoms. The third-order valence-electron chi connectivity index (χ3n) is 2.36. The van der Waals surface area contributed by atoms with Crippen LogP contribution in [-0.4, -0.2) is 18.1 Å². The van der Waals surface area contributed by atoms with Crippen LogP contribution in [0.4, 0.5) is 0 Å². The van der Waals surface area contributed by atoms with Crippen LogP contribution in [0, 0.1) is 0 Å². The van der Waals surface area contributed by atoms with Gasteiger partial charge in [0.25, 0.3) is 5.91 Å². The highest BCUT2D eigenvalue weighted by Gasteiger charge is 2.32. The van der Waals surface area contributed by atoms with Crippen LogP contribution < -0.4 is 5.32 Å². The number of benzene rings is 1. The van der Waals surface area contributed by atoms with Gasteiger partial charge in [0.05, 0.1) is 0 Å². The van der Waals surface area contributed by atoms with Crippen molar-refractivity contribution in [3.8, 4) is 0 Å². The van der Waals surface area contributed by atoms with Gasteiger partial charge in [0.2, 0.25) is 0 Å². The molecule has 1 aliphatic heterocycles. The third kappa shape index (κ3) is 2.62. The Bertz CT molecular complexity index is 380. The van der Waals surface area contributed by atoms with E-state index in [2.05, 4.69) is 15.5 Å². The third-order valence-corrected chi connectivity index (χ3v) is 2.36. The standard InChI is InChI=1S/C11H13N3O/c1-11(13-14-11)7-8-12-10(15)9-5-3-2-4-6-9/h2-6H,7-8H2,1H3,(H,12,15). The molecule has 0 saturated carbocycles. The van der Waals surface area contributed by atoms with Crippen molar-refractivity contribution in [2.24, 2.45) is 10.2 Å². The number of nitrogens with one attached hydrogen (secondary N) is 1. The lowest BCUT2D eigenvalue weighted by Crippen LogP contribution is -2.27. The van der Waals surface area contributed by atoms with E-state index < -0.39 is 0 Å². The largest absolute Gasteiger partial charge is 0.352 e. The second kappa shape index (κ2) is 3.81. The molecule has 1 amide bonds. The summed E-state index contributed by atoms with van der Waals surface area (Å²) >= 11 is 0. The van der Waals surface area contributed by atoms with Gasteiger partial charge in [-0.25, -0.2) is 0 Å². The summed E-state index contributed by atoms with van der Waals surface area (Å²) in [6, 6.07) is 9.18. The van der Waals surface area contributed by atoms with Crippen LogP contribution >= 0.6 is 0 Å². The highest BCUT2D eigenvalue weighted by molar-refractivity contribution is 5.94. The Hall–Kier alpha value is -1.71. The van der Waals surface area contributed by atoms with Crippen molar-refractivity contribution in [3.05, 3.63) is 35.9 Å². The average molecular weight is 203 g/mol. The van der Waals surface area contributed by atoms with Gasteiger partial charge in [-0.05, 0) is 19.1 Å². The SMILES string of the molecule is CC1(CCNC(=O)c2ccccc2)N=N1. The van der Waals surface area contributed by atoms with Crippen molar-refractivity contribution in [1.29, 1.82) is 0 Å². The lowest BCUT2D eigenvalue weighted by molar-refractivity contribution is 0.0952. The number of carbonyl (C=O) groups excluding carboxylic acids is 1. The topological polar surface area (TPSA) is 53.8 Å². The molecule has 4 nitrogen and oxygen atoms in total. The van der Waals surface area contributed by atoms with Gasteiger partial charge < -0.3 is 5.32 Å². The number of hydrogen-bond acceptors (Lipinski definition) is 3. The molecule has 1 aromatic carbocycles. The van der Waals surface area contributed by atoms with Gasteiger partial charge in [0.1, 0.15) is 0 Å². The van der Waals surface area contributed by atoms with Crippen LogP contribution in [0.15, 0.2) is 40.6 Å². The van der Waals surface area contributed by atoms with E-state index in [-0.39, 0.29) is 11.6 Å². The van der Waals surface area contributed by atoms with E-state index in [1.54, 1.807) is 12.1 Å². The summed E-state index contributed by atoms with van der Waals surface area (Å²) in [4.78, 5) is 11.6. The molecule has 4 heteroatoms. The average Bonchev–Trinajstić information content (AvgIpc) is 2.98. The number of amides is 1. The summed E-state index contributed by atoms with van der Waals surface area (Å²) in [6.45, 7) is 2.55. The quantitative estimate of drug-likeness (QED) is 0.799. The van der Waals surface area contributed by atoms with Crippen LogP contribution in [0.2, 0.25) is 0 Å². The van der Waals surface area contributed by atoms with E-state index in [4.69, 9.17) is 0 Å². The summed E-state index contributed by atoms with van der Waals surface area (Å²) in [5, 5.41) is 10.6. The zero-order valence-corrected chi connectivity index (χ0v) is 8.60. The van der Waals surface area contributed by atoms with Gasteiger partial charge >= 0.3 is 0 Å². The maximum Gasteiger partial charge on any atom is 0.251 e. The molecular weight excluding hydrogens is 190 g/mol. The Morgan fingerprint density at radius 2 is 2.00 bits per heavy atom. The molecule has 0 aromatic heterocycles. The summed E-state index contributed by atoms with van der Waals surface area (Å²) in [5.74, 6) is -0.0418. The van der Waals surface area contributed by atoms with Crippen molar-refractivity contribution in [1.82, 2.24) is 5.32 Å². The molecule has 0 spiro atoms. The highest BCUT2D eigenvalue weighted by atomic mass is 16.1. The molecule has 0 atom stereocenters. The summed E-state index contributed by atoms with van der Waals surface area (Å²) in [5.41, 5.74) is 0.455. The fourth-order valence-electron chi connectivity index (χ4n) is 1.29. The van der Waals surface area contributed by atoms with Crippen LogP contribution in [0.25, 0.3) is 0 Å². The normalized spacial score (nSPS) is 16.1. The van der Waals surface area contributed by atoms with Crippen LogP contribution in [-0.2, 0) is 0 Å². The first kappa shape index (κ1) is 9.83. The predicted octanol–water partition coefficient (Wildman–Crippen LogP) is 1.99. The lowest BCUT2D eigenvalue weighted by Gasteiger charge is -2.06. The maximum atomic E-state index is 11.6.